The predicted molar refractivity (Wildman–Crippen MR) is 79.2 cm³/mol. The molecule has 0 saturated carbocycles. The fourth-order valence-electron chi connectivity index (χ4n) is 1.84. The van der Waals surface area contributed by atoms with Crippen molar-refractivity contribution in [1.82, 2.24) is 10.6 Å². The molecule has 0 bridgehead atoms. The third-order valence-electron chi connectivity index (χ3n) is 2.76. The maximum Gasteiger partial charge on any atom is 0.189 e. The Hall–Kier alpha value is -1.84. The van der Waals surface area contributed by atoms with Crippen LogP contribution in [-0.2, 0) is 6.54 Å². The van der Waals surface area contributed by atoms with Crippen LogP contribution in [0.5, 0.6) is 0 Å². The molecule has 2 aromatic rings. The highest BCUT2D eigenvalue weighted by molar-refractivity contribution is 6.63. The van der Waals surface area contributed by atoms with Gasteiger partial charge in [-0.25, -0.2) is 0 Å². The summed E-state index contributed by atoms with van der Waals surface area (Å²) in [6.07, 6.45) is -0.175. The van der Waals surface area contributed by atoms with E-state index in [1.807, 2.05) is 48.5 Å². The van der Waals surface area contributed by atoms with Gasteiger partial charge in [-0.3, -0.25) is 10.7 Å². The Balaban J connectivity index is 2.04. The van der Waals surface area contributed by atoms with Gasteiger partial charge in [-0.15, -0.1) is 0 Å². The van der Waals surface area contributed by atoms with Crippen LogP contribution < -0.4 is 10.6 Å². The van der Waals surface area contributed by atoms with E-state index in [4.69, 9.17) is 17.0 Å². The molecule has 0 saturated heterocycles. The zero-order valence-electron chi connectivity index (χ0n) is 10.4. The number of hydrogen-bond acceptors (Lipinski definition) is 2. The third-order valence-corrected chi connectivity index (χ3v) is 2.87. The average molecular weight is 274 g/mol. The lowest BCUT2D eigenvalue weighted by Crippen LogP contribution is -2.35. The van der Waals surface area contributed by atoms with Crippen molar-refractivity contribution < 1.29 is 0 Å². The molecule has 0 radical (unpaired) electrons. The molecule has 3 nitrogen and oxygen atoms in total. The number of nitrogens with one attached hydrogen (secondary N) is 3. The van der Waals surface area contributed by atoms with Crippen LogP contribution in [0.1, 0.15) is 17.3 Å². The quantitative estimate of drug-likeness (QED) is 0.339. The van der Waals surface area contributed by atoms with Gasteiger partial charge in [0.05, 0.1) is 0 Å². The molecule has 3 N–H and O–H groups in total. The molecule has 0 aromatic heterocycles. The molecule has 0 heterocycles. The van der Waals surface area contributed by atoms with Crippen LogP contribution in [0.15, 0.2) is 60.7 Å². The first kappa shape index (κ1) is 13.6. The molecule has 4 heteroatoms. The fourth-order valence-corrected chi connectivity index (χ4v) is 1.95. The number of halogens is 1. The largest absolute Gasteiger partial charge is 0.341 e. The highest BCUT2D eigenvalue weighted by Gasteiger charge is 2.10. The lowest BCUT2D eigenvalue weighted by Gasteiger charge is -2.20. The van der Waals surface area contributed by atoms with Crippen molar-refractivity contribution in [3.8, 4) is 0 Å². The minimum atomic E-state index is -0.175. The van der Waals surface area contributed by atoms with Gasteiger partial charge in [0.2, 0.25) is 0 Å². The monoisotopic (exact) mass is 273 g/mol. The smallest absolute Gasteiger partial charge is 0.189 e. The van der Waals surface area contributed by atoms with E-state index in [9.17, 15) is 0 Å². The molecule has 0 aliphatic heterocycles. The molecule has 19 heavy (non-hydrogen) atoms. The number of rotatable bonds is 5. The minimum absolute atomic E-state index is 0.0746. The minimum Gasteiger partial charge on any atom is -0.341 e. The van der Waals surface area contributed by atoms with Gasteiger partial charge in [-0.05, 0) is 22.7 Å². The number of benzene rings is 2. The SMILES string of the molecule is N=C(Cl)NC(NCc1ccccc1)c1ccccc1. The molecule has 0 fully saturated rings. The normalized spacial score (nSPS) is 11.8. The van der Waals surface area contributed by atoms with E-state index in [1.165, 1.54) is 5.56 Å². The molecule has 0 aliphatic rings. The van der Waals surface area contributed by atoms with Crippen LogP contribution >= 0.6 is 11.6 Å². The van der Waals surface area contributed by atoms with E-state index < -0.39 is 0 Å². The Morgan fingerprint density at radius 1 is 1.00 bits per heavy atom. The fraction of sp³-hybridized carbons (Fsp3) is 0.133. The van der Waals surface area contributed by atoms with Crippen LogP contribution in [0.3, 0.4) is 0 Å². The van der Waals surface area contributed by atoms with Crippen LogP contribution in [0.2, 0.25) is 0 Å². The van der Waals surface area contributed by atoms with E-state index in [-0.39, 0.29) is 11.5 Å². The van der Waals surface area contributed by atoms with Crippen molar-refractivity contribution in [1.29, 1.82) is 5.41 Å². The first-order chi connectivity index (χ1) is 9.25. The molecule has 0 amide bonds. The number of amidine groups is 1. The highest BCUT2D eigenvalue weighted by atomic mass is 35.5. The molecule has 1 unspecified atom stereocenters. The second-order valence-corrected chi connectivity index (χ2v) is 4.55. The standard InChI is InChI=1S/C15H16ClN3/c16-15(17)19-14(13-9-5-2-6-10-13)18-11-12-7-3-1-4-8-12/h1-10,14,18H,11H2,(H2,17,19). The topological polar surface area (TPSA) is 47.9 Å². The van der Waals surface area contributed by atoms with Crippen LogP contribution in [0.4, 0.5) is 0 Å². The van der Waals surface area contributed by atoms with Crippen molar-refractivity contribution in [3.63, 3.8) is 0 Å². The van der Waals surface area contributed by atoms with Crippen LogP contribution in [-0.4, -0.2) is 5.29 Å². The molecule has 2 rings (SSSR count). The summed E-state index contributed by atoms with van der Waals surface area (Å²) in [4.78, 5) is 0. The van der Waals surface area contributed by atoms with Crippen molar-refractivity contribution in [3.05, 3.63) is 71.8 Å². The lowest BCUT2D eigenvalue weighted by molar-refractivity contribution is 0.506. The molecule has 0 aliphatic carbocycles. The second-order valence-electron chi connectivity index (χ2n) is 4.17. The van der Waals surface area contributed by atoms with Crippen molar-refractivity contribution in [2.24, 2.45) is 0 Å². The van der Waals surface area contributed by atoms with Gasteiger partial charge in [0.15, 0.2) is 5.29 Å². The van der Waals surface area contributed by atoms with E-state index in [0.717, 1.165) is 5.56 Å². The van der Waals surface area contributed by atoms with Crippen LogP contribution in [0, 0.1) is 5.41 Å². The Morgan fingerprint density at radius 2 is 1.58 bits per heavy atom. The molecule has 0 spiro atoms. The Morgan fingerprint density at radius 3 is 2.16 bits per heavy atom. The molecule has 2 aromatic carbocycles. The van der Waals surface area contributed by atoms with Gasteiger partial charge in [0.1, 0.15) is 6.17 Å². The van der Waals surface area contributed by atoms with Crippen LogP contribution in [0.25, 0.3) is 0 Å². The summed E-state index contributed by atoms with van der Waals surface area (Å²) in [7, 11) is 0. The average Bonchev–Trinajstić information content (AvgIpc) is 2.45. The predicted octanol–water partition coefficient (Wildman–Crippen LogP) is 3.24. The maximum absolute atomic E-state index is 7.37. The highest BCUT2D eigenvalue weighted by Crippen LogP contribution is 2.11. The lowest BCUT2D eigenvalue weighted by atomic mass is 10.1. The Bertz CT molecular complexity index is 513. The van der Waals surface area contributed by atoms with Gasteiger partial charge in [0, 0.05) is 6.54 Å². The van der Waals surface area contributed by atoms with Gasteiger partial charge in [0.25, 0.3) is 0 Å². The van der Waals surface area contributed by atoms with Crippen molar-refractivity contribution >= 4 is 16.9 Å². The maximum atomic E-state index is 7.37. The number of hydrogen-bond donors (Lipinski definition) is 3. The second kappa shape index (κ2) is 6.92. The molecule has 1 atom stereocenters. The van der Waals surface area contributed by atoms with E-state index in [2.05, 4.69) is 22.8 Å². The summed E-state index contributed by atoms with van der Waals surface area (Å²) >= 11 is 5.64. The van der Waals surface area contributed by atoms with E-state index in [0.29, 0.717) is 6.54 Å². The van der Waals surface area contributed by atoms with Crippen molar-refractivity contribution in [2.75, 3.05) is 0 Å². The van der Waals surface area contributed by atoms with E-state index in [1.54, 1.807) is 0 Å². The third kappa shape index (κ3) is 4.39. The zero-order chi connectivity index (χ0) is 13.5. The van der Waals surface area contributed by atoms with Crippen molar-refractivity contribution in [2.45, 2.75) is 12.7 Å². The summed E-state index contributed by atoms with van der Waals surface area (Å²) in [6.45, 7) is 0.706. The summed E-state index contributed by atoms with van der Waals surface area (Å²) in [5, 5.41) is 13.5. The molecular weight excluding hydrogens is 258 g/mol. The zero-order valence-corrected chi connectivity index (χ0v) is 11.2. The molecule has 98 valence electrons. The Labute approximate surface area is 118 Å². The van der Waals surface area contributed by atoms with Gasteiger partial charge >= 0.3 is 0 Å². The summed E-state index contributed by atoms with van der Waals surface area (Å²) in [5.74, 6) is 0. The molecular formula is C15H16ClN3. The summed E-state index contributed by atoms with van der Waals surface area (Å²) < 4.78 is 0. The summed E-state index contributed by atoms with van der Waals surface area (Å²) in [6, 6.07) is 20.0. The van der Waals surface area contributed by atoms with Gasteiger partial charge in [-0.1, -0.05) is 60.7 Å². The summed E-state index contributed by atoms with van der Waals surface area (Å²) in [5.41, 5.74) is 2.23. The first-order valence-electron chi connectivity index (χ1n) is 6.08. The van der Waals surface area contributed by atoms with E-state index >= 15 is 0 Å². The van der Waals surface area contributed by atoms with Gasteiger partial charge in [-0.2, -0.15) is 0 Å². The first-order valence-corrected chi connectivity index (χ1v) is 6.46. The Kier molecular flexibility index (Phi) is 4.95. The van der Waals surface area contributed by atoms with Gasteiger partial charge < -0.3 is 5.32 Å².